The second-order valence-electron chi connectivity index (χ2n) is 9.33. The highest BCUT2D eigenvalue weighted by Crippen LogP contribution is 2.46. The Labute approximate surface area is 215 Å². The normalized spacial score (nSPS) is 15.7. The summed E-state index contributed by atoms with van der Waals surface area (Å²) in [6, 6.07) is 18.4. The highest BCUT2D eigenvalue weighted by molar-refractivity contribution is 6.31. The van der Waals surface area contributed by atoms with E-state index in [1.165, 1.54) is 25.0 Å². The molecule has 0 amide bonds. The highest BCUT2D eigenvalue weighted by atomic mass is 19.1. The van der Waals surface area contributed by atoms with Gasteiger partial charge in [-0.2, -0.15) is 0 Å². The molecule has 4 aromatic rings. The number of oxime groups is 1. The molecule has 3 aromatic carbocycles. The van der Waals surface area contributed by atoms with Crippen LogP contribution in [0.5, 0.6) is 11.5 Å². The molecule has 0 N–H and O–H groups in total. The van der Waals surface area contributed by atoms with Gasteiger partial charge in [0.05, 0.1) is 25.4 Å². The van der Waals surface area contributed by atoms with Crippen LogP contribution < -0.4 is 9.47 Å². The van der Waals surface area contributed by atoms with Gasteiger partial charge < -0.3 is 14.3 Å². The first-order valence-electron chi connectivity index (χ1n) is 12.6. The third kappa shape index (κ3) is 4.29. The Bertz CT molecular complexity index is 1490. The summed E-state index contributed by atoms with van der Waals surface area (Å²) in [5, 5.41) is 5.35. The number of likely N-dealkylation sites (tertiary alicyclic amines) is 1. The van der Waals surface area contributed by atoms with Crippen molar-refractivity contribution in [3.05, 3.63) is 77.6 Å². The molecule has 7 heteroatoms. The smallest absolute Gasteiger partial charge is 0.129 e. The minimum absolute atomic E-state index is 0.323. The molecular formula is C30H28FN3O3. The molecule has 1 aliphatic carbocycles. The van der Waals surface area contributed by atoms with Crippen LogP contribution in [-0.4, -0.2) is 56.1 Å². The summed E-state index contributed by atoms with van der Waals surface area (Å²) in [7, 11) is 3.29. The van der Waals surface area contributed by atoms with Crippen molar-refractivity contribution in [1.29, 1.82) is 0 Å². The van der Waals surface area contributed by atoms with E-state index in [4.69, 9.17) is 19.3 Å². The fourth-order valence-electron chi connectivity index (χ4n) is 5.28. The van der Waals surface area contributed by atoms with Crippen LogP contribution in [0.1, 0.15) is 24.0 Å². The van der Waals surface area contributed by atoms with Crippen LogP contribution in [0.4, 0.5) is 4.39 Å². The Kier molecular flexibility index (Phi) is 6.22. The number of rotatable bonds is 7. The van der Waals surface area contributed by atoms with E-state index in [1.807, 2.05) is 42.5 Å². The maximum Gasteiger partial charge on any atom is 0.129 e. The van der Waals surface area contributed by atoms with Gasteiger partial charge in [0, 0.05) is 34.2 Å². The zero-order valence-electron chi connectivity index (χ0n) is 21.0. The van der Waals surface area contributed by atoms with E-state index in [9.17, 15) is 4.39 Å². The van der Waals surface area contributed by atoms with Gasteiger partial charge in [-0.25, -0.2) is 9.37 Å². The summed E-state index contributed by atoms with van der Waals surface area (Å²) in [6.07, 6.45) is 2.46. The summed E-state index contributed by atoms with van der Waals surface area (Å²) in [5.74, 6) is 1.16. The lowest BCUT2D eigenvalue weighted by Gasteiger charge is -2.14. The Balaban J connectivity index is 1.54. The number of halogens is 1. The number of aromatic nitrogens is 1. The largest absolute Gasteiger partial charge is 0.497 e. The van der Waals surface area contributed by atoms with E-state index in [0.717, 1.165) is 58.9 Å². The van der Waals surface area contributed by atoms with Gasteiger partial charge >= 0.3 is 0 Å². The van der Waals surface area contributed by atoms with Crippen LogP contribution in [0.25, 0.3) is 33.3 Å². The van der Waals surface area contributed by atoms with Gasteiger partial charge in [-0.3, -0.25) is 4.90 Å². The molecule has 188 valence electrons. The number of pyridine rings is 1. The first-order chi connectivity index (χ1) is 18.2. The highest BCUT2D eigenvalue weighted by Gasteiger charge is 2.32. The molecule has 6 nitrogen and oxygen atoms in total. The van der Waals surface area contributed by atoms with Gasteiger partial charge in [-0.1, -0.05) is 5.16 Å². The Morgan fingerprint density at radius 2 is 1.62 bits per heavy atom. The number of benzene rings is 3. The molecule has 0 saturated carbocycles. The van der Waals surface area contributed by atoms with Crippen LogP contribution in [-0.2, 0) is 4.84 Å². The molecule has 1 aliphatic heterocycles. The summed E-state index contributed by atoms with van der Waals surface area (Å²) in [6.45, 7) is 3.52. The van der Waals surface area contributed by atoms with Crippen LogP contribution in [0.2, 0.25) is 0 Å². The second kappa shape index (κ2) is 9.82. The zero-order valence-corrected chi connectivity index (χ0v) is 21.0. The van der Waals surface area contributed by atoms with E-state index in [2.05, 4.69) is 10.1 Å². The molecule has 0 atom stereocenters. The van der Waals surface area contributed by atoms with Crippen molar-refractivity contribution in [1.82, 2.24) is 9.88 Å². The van der Waals surface area contributed by atoms with Crippen molar-refractivity contribution in [3.63, 3.8) is 0 Å². The maximum atomic E-state index is 14.5. The van der Waals surface area contributed by atoms with Crippen molar-refractivity contribution in [2.45, 2.75) is 12.8 Å². The molecule has 0 unspecified atom stereocenters. The third-order valence-corrected chi connectivity index (χ3v) is 7.15. The maximum absolute atomic E-state index is 14.5. The van der Waals surface area contributed by atoms with Gasteiger partial charge in [0.1, 0.15) is 29.6 Å². The van der Waals surface area contributed by atoms with Crippen molar-refractivity contribution < 1.29 is 18.7 Å². The lowest BCUT2D eigenvalue weighted by Crippen LogP contribution is -2.23. The molecule has 2 heterocycles. The van der Waals surface area contributed by atoms with Crippen molar-refractivity contribution >= 4 is 16.6 Å². The third-order valence-electron chi connectivity index (χ3n) is 7.15. The number of fused-ring (bicyclic) bond motifs is 5. The number of nitrogens with zero attached hydrogens (tertiary/aromatic N) is 3. The van der Waals surface area contributed by atoms with Gasteiger partial charge in [0.15, 0.2) is 0 Å². The average Bonchev–Trinajstić information content (AvgIpc) is 3.57. The predicted molar refractivity (Wildman–Crippen MR) is 143 cm³/mol. The lowest BCUT2D eigenvalue weighted by molar-refractivity contribution is 0.119. The predicted octanol–water partition coefficient (Wildman–Crippen LogP) is 5.90. The standard InChI is InChI=1S/C30H28FN3O3/c1-35-21-8-5-19(6-9-21)29-27-23-11-10-22(36-2)18-24(23)30(33-37-16-15-34-13-3-4-14-34)28(27)25-17-20(31)7-12-26(25)32-29/h5-12,17-18H,3-4,13-16H2,1-2H3/b33-30+. The zero-order chi connectivity index (χ0) is 25.4. The summed E-state index contributed by atoms with van der Waals surface area (Å²) >= 11 is 0. The van der Waals surface area contributed by atoms with Crippen LogP contribution >= 0.6 is 0 Å². The van der Waals surface area contributed by atoms with Gasteiger partial charge in [-0.05, 0) is 92.2 Å². The van der Waals surface area contributed by atoms with Gasteiger partial charge in [0.25, 0.3) is 0 Å². The van der Waals surface area contributed by atoms with Gasteiger partial charge in [-0.15, -0.1) is 0 Å². The molecule has 37 heavy (non-hydrogen) atoms. The van der Waals surface area contributed by atoms with E-state index < -0.39 is 0 Å². The minimum atomic E-state index is -0.323. The summed E-state index contributed by atoms with van der Waals surface area (Å²) in [4.78, 5) is 13.3. The second-order valence-corrected chi connectivity index (χ2v) is 9.33. The lowest BCUT2D eigenvalue weighted by atomic mass is 9.96. The molecule has 0 bridgehead atoms. The molecule has 1 saturated heterocycles. The summed E-state index contributed by atoms with van der Waals surface area (Å²) in [5.41, 5.74) is 6.65. The van der Waals surface area contributed by atoms with Crippen LogP contribution in [0, 0.1) is 5.82 Å². The molecule has 0 radical (unpaired) electrons. The monoisotopic (exact) mass is 497 g/mol. The van der Waals surface area contributed by atoms with Gasteiger partial charge in [0.2, 0.25) is 0 Å². The number of methoxy groups -OCH3 is 2. The first-order valence-corrected chi connectivity index (χ1v) is 12.6. The van der Waals surface area contributed by atoms with Crippen LogP contribution in [0.15, 0.2) is 65.8 Å². The fraction of sp³-hybridized carbons (Fsp3) is 0.267. The van der Waals surface area contributed by atoms with Crippen molar-refractivity contribution in [3.8, 4) is 33.9 Å². The SMILES string of the molecule is COc1ccc(-c2nc3ccc(F)cc3c3c2-c2ccc(OC)cc2/C3=N\OCCN2CCCC2)cc1. The minimum Gasteiger partial charge on any atom is -0.497 e. The topological polar surface area (TPSA) is 56.2 Å². The quantitative estimate of drug-likeness (QED) is 0.207. The number of hydrogen-bond donors (Lipinski definition) is 0. The molecule has 1 aromatic heterocycles. The molecule has 6 rings (SSSR count). The Hall–Kier alpha value is -3.97. The van der Waals surface area contributed by atoms with E-state index in [1.54, 1.807) is 20.3 Å². The summed E-state index contributed by atoms with van der Waals surface area (Å²) < 4.78 is 25.4. The molecule has 0 spiro atoms. The van der Waals surface area contributed by atoms with E-state index in [0.29, 0.717) is 29.0 Å². The number of ether oxygens (including phenoxy) is 2. The number of hydrogen-bond acceptors (Lipinski definition) is 6. The van der Waals surface area contributed by atoms with E-state index in [-0.39, 0.29) is 5.82 Å². The van der Waals surface area contributed by atoms with E-state index >= 15 is 0 Å². The first kappa shape index (κ1) is 23.4. The van der Waals surface area contributed by atoms with Crippen molar-refractivity contribution in [2.24, 2.45) is 5.16 Å². The van der Waals surface area contributed by atoms with Crippen molar-refractivity contribution in [2.75, 3.05) is 40.5 Å². The average molecular weight is 498 g/mol. The van der Waals surface area contributed by atoms with Crippen LogP contribution in [0.3, 0.4) is 0 Å². The fourth-order valence-corrected chi connectivity index (χ4v) is 5.28. The molecule has 1 fully saturated rings. The molecular weight excluding hydrogens is 469 g/mol. The Morgan fingerprint density at radius 3 is 2.38 bits per heavy atom. The Morgan fingerprint density at radius 1 is 0.865 bits per heavy atom. The molecule has 2 aliphatic rings.